The Balaban J connectivity index is 1.11. The molecule has 2 heteroatoms. The summed E-state index contributed by atoms with van der Waals surface area (Å²) in [6.45, 7) is 0. The number of benzene rings is 9. The summed E-state index contributed by atoms with van der Waals surface area (Å²) in [5.41, 5.74) is 12.2. The first-order valence-electron chi connectivity index (χ1n) is 17.8. The zero-order chi connectivity index (χ0) is 34.4. The Morgan fingerprint density at radius 3 is 1.75 bits per heavy atom. The molecule has 1 aromatic heterocycles. The topological polar surface area (TPSA) is 16.4 Å². The van der Waals surface area contributed by atoms with Gasteiger partial charge in [0, 0.05) is 27.8 Å². The number of para-hydroxylation sites is 1. The van der Waals surface area contributed by atoms with E-state index in [4.69, 9.17) is 4.42 Å². The third-order valence-electron chi connectivity index (χ3n) is 10.2. The molecule has 1 heterocycles. The van der Waals surface area contributed by atoms with Crippen molar-refractivity contribution in [2.45, 2.75) is 0 Å². The number of furan rings is 1. The van der Waals surface area contributed by atoms with E-state index in [1.165, 1.54) is 49.4 Å². The third kappa shape index (κ3) is 5.21. The smallest absolute Gasteiger partial charge is 0.136 e. The van der Waals surface area contributed by atoms with E-state index >= 15 is 0 Å². The van der Waals surface area contributed by atoms with Gasteiger partial charge in [-0.1, -0.05) is 140 Å². The Morgan fingerprint density at radius 2 is 0.923 bits per heavy atom. The number of hydrogen-bond acceptors (Lipinski definition) is 2. The maximum Gasteiger partial charge on any atom is 0.136 e. The first-order valence-corrected chi connectivity index (χ1v) is 17.8. The quantitative estimate of drug-likeness (QED) is 0.176. The Morgan fingerprint density at radius 1 is 0.308 bits per heavy atom. The number of anilines is 3. The predicted octanol–water partition coefficient (Wildman–Crippen LogP) is 14.4. The molecule has 0 radical (unpaired) electrons. The van der Waals surface area contributed by atoms with Crippen molar-refractivity contribution in [3.63, 3.8) is 0 Å². The summed E-state index contributed by atoms with van der Waals surface area (Å²) in [4.78, 5) is 2.35. The molecule has 9 aromatic carbocycles. The van der Waals surface area contributed by atoms with E-state index in [2.05, 4.69) is 205 Å². The second kappa shape index (κ2) is 12.5. The molecule has 2 nitrogen and oxygen atoms in total. The van der Waals surface area contributed by atoms with Crippen LogP contribution in [0.2, 0.25) is 0 Å². The highest BCUT2D eigenvalue weighted by Gasteiger charge is 2.18. The largest absolute Gasteiger partial charge is 0.456 e. The minimum atomic E-state index is 0.898. The normalized spacial score (nSPS) is 11.5. The van der Waals surface area contributed by atoms with Crippen LogP contribution in [-0.2, 0) is 0 Å². The van der Waals surface area contributed by atoms with Gasteiger partial charge in [0.25, 0.3) is 0 Å². The van der Waals surface area contributed by atoms with Crippen LogP contribution < -0.4 is 4.90 Å². The second-order valence-corrected chi connectivity index (χ2v) is 13.3. The first kappa shape index (κ1) is 30.0. The van der Waals surface area contributed by atoms with Gasteiger partial charge in [0.2, 0.25) is 0 Å². The Hall–Kier alpha value is -6.90. The molecular weight excluding hydrogens is 631 g/mol. The average Bonchev–Trinajstić information content (AvgIpc) is 3.60. The Kier molecular flexibility index (Phi) is 7.18. The van der Waals surface area contributed by atoms with Crippen LogP contribution in [0.4, 0.5) is 17.1 Å². The van der Waals surface area contributed by atoms with Gasteiger partial charge in [0.15, 0.2) is 0 Å². The van der Waals surface area contributed by atoms with Crippen molar-refractivity contribution in [1.82, 2.24) is 0 Å². The molecule has 0 atom stereocenters. The minimum absolute atomic E-state index is 0.898. The number of fused-ring (bicyclic) bond motifs is 6. The van der Waals surface area contributed by atoms with E-state index in [0.717, 1.165) is 44.6 Å². The average molecular weight is 664 g/mol. The SMILES string of the molecule is c1ccc(-c2cc(N(c3ccccc3)c3ccc(-c4ccc5ccccc5c4)cc3)ccc2-c2ccc3oc4ccc5ccccc5c4c3c2)cc1. The summed E-state index contributed by atoms with van der Waals surface area (Å²) < 4.78 is 6.36. The highest BCUT2D eigenvalue weighted by molar-refractivity contribution is 6.19. The summed E-state index contributed by atoms with van der Waals surface area (Å²) in [5.74, 6) is 0. The Labute approximate surface area is 302 Å². The summed E-state index contributed by atoms with van der Waals surface area (Å²) in [7, 11) is 0. The molecule has 244 valence electrons. The van der Waals surface area contributed by atoms with Crippen LogP contribution >= 0.6 is 0 Å². The van der Waals surface area contributed by atoms with Crippen molar-refractivity contribution in [3.05, 3.63) is 200 Å². The van der Waals surface area contributed by atoms with Gasteiger partial charge in [-0.2, -0.15) is 0 Å². The summed E-state index contributed by atoms with van der Waals surface area (Å²) in [5, 5.41) is 7.21. The van der Waals surface area contributed by atoms with E-state index in [0.29, 0.717) is 0 Å². The van der Waals surface area contributed by atoms with Gasteiger partial charge in [0.1, 0.15) is 11.2 Å². The summed E-state index contributed by atoms with van der Waals surface area (Å²) >= 11 is 0. The fourth-order valence-electron chi connectivity index (χ4n) is 7.69. The maximum absolute atomic E-state index is 6.36. The number of nitrogens with zero attached hydrogens (tertiary/aromatic N) is 1. The van der Waals surface area contributed by atoms with Gasteiger partial charge in [-0.25, -0.2) is 0 Å². The highest BCUT2D eigenvalue weighted by Crippen LogP contribution is 2.43. The molecule has 0 aliphatic heterocycles. The molecular formula is C50H33NO. The molecule has 0 saturated carbocycles. The standard InChI is InChI=1S/C50H33NO/c1-3-12-36(13-4-1)46-33-43(27-28-44(46)40-24-29-48-47(32-40)50-45-18-10-9-14-37(45)23-30-49(50)52-48)51(41-16-5-2-6-17-41)42-25-21-35(22-26-42)39-20-19-34-11-7-8-15-38(34)31-39/h1-33H. The molecule has 0 unspecified atom stereocenters. The lowest BCUT2D eigenvalue weighted by Crippen LogP contribution is -2.10. The van der Waals surface area contributed by atoms with Crippen LogP contribution in [0.15, 0.2) is 205 Å². The molecule has 0 N–H and O–H groups in total. The molecule has 0 aliphatic carbocycles. The zero-order valence-electron chi connectivity index (χ0n) is 28.4. The van der Waals surface area contributed by atoms with Crippen LogP contribution in [0.3, 0.4) is 0 Å². The van der Waals surface area contributed by atoms with E-state index in [-0.39, 0.29) is 0 Å². The van der Waals surface area contributed by atoms with Crippen LogP contribution in [0.1, 0.15) is 0 Å². The van der Waals surface area contributed by atoms with Gasteiger partial charge < -0.3 is 9.32 Å². The van der Waals surface area contributed by atoms with Crippen molar-refractivity contribution in [3.8, 4) is 33.4 Å². The van der Waals surface area contributed by atoms with Gasteiger partial charge in [-0.3, -0.25) is 0 Å². The van der Waals surface area contributed by atoms with Crippen LogP contribution in [0.25, 0.3) is 76.9 Å². The zero-order valence-corrected chi connectivity index (χ0v) is 28.4. The van der Waals surface area contributed by atoms with E-state index in [1.807, 2.05) is 0 Å². The lowest BCUT2D eigenvalue weighted by molar-refractivity contribution is 0.669. The Bertz CT molecular complexity index is 2890. The monoisotopic (exact) mass is 663 g/mol. The molecule has 52 heavy (non-hydrogen) atoms. The van der Waals surface area contributed by atoms with E-state index < -0.39 is 0 Å². The molecule has 0 spiro atoms. The molecule has 0 bridgehead atoms. The molecule has 0 saturated heterocycles. The van der Waals surface area contributed by atoms with Crippen molar-refractivity contribution < 1.29 is 4.42 Å². The fourth-order valence-corrected chi connectivity index (χ4v) is 7.69. The third-order valence-corrected chi connectivity index (χ3v) is 10.2. The highest BCUT2D eigenvalue weighted by atomic mass is 16.3. The predicted molar refractivity (Wildman–Crippen MR) is 220 cm³/mol. The van der Waals surface area contributed by atoms with Gasteiger partial charge in [-0.15, -0.1) is 0 Å². The molecule has 0 fully saturated rings. The van der Waals surface area contributed by atoms with Crippen molar-refractivity contribution in [1.29, 1.82) is 0 Å². The number of rotatable bonds is 6. The van der Waals surface area contributed by atoms with Gasteiger partial charge in [-0.05, 0) is 116 Å². The number of hydrogen-bond donors (Lipinski definition) is 0. The first-order chi connectivity index (χ1) is 25.8. The molecule has 0 amide bonds. The van der Waals surface area contributed by atoms with E-state index in [1.54, 1.807) is 0 Å². The van der Waals surface area contributed by atoms with Gasteiger partial charge >= 0.3 is 0 Å². The van der Waals surface area contributed by atoms with Crippen LogP contribution in [0.5, 0.6) is 0 Å². The summed E-state index contributed by atoms with van der Waals surface area (Å²) in [6, 6.07) is 71.7. The van der Waals surface area contributed by atoms with Crippen LogP contribution in [0, 0.1) is 0 Å². The van der Waals surface area contributed by atoms with Gasteiger partial charge in [0.05, 0.1) is 0 Å². The van der Waals surface area contributed by atoms with Crippen molar-refractivity contribution >= 4 is 60.5 Å². The molecule has 0 aliphatic rings. The van der Waals surface area contributed by atoms with Crippen LogP contribution in [-0.4, -0.2) is 0 Å². The molecule has 10 aromatic rings. The minimum Gasteiger partial charge on any atom is -0.456 e. The van der Waals surface area contributed by atoms with E-state index in [9.17, 15) is 0 Å². The lowest BCUT2D eigenvalue weighted by Gasteiger charge is -2.27. The lowest BCUT2D eigenvalue weighted by atomic mass is 9.92. The fraction of sp³-hybridized carbons (Fsp3) is 0. The molecule has 10 rings (SSSR count). The summed E-state index contributed by atoms with van der Waals surface area (Å²) in [6.07, 6.45) is 0. The van der Waals surface area contributed by atoms with Crippen molar-refractivity contribution in [2.75, 3.05) is 4.90 Å². The second-order valence-electron chi connectivity index (χ2n) is 13.3. The van der Waals surface area contributed by atoms with Crippen molar-refractivity contribution in [2.24, 2.45) is 0 Å². The maximum atomic E-state index is 6.36.